The molecule has 0 spiro atoms. The summed E-state index contributed by atoms with van der Waals surface area (Å²) in [5, 5.41) is 4.35. The van der Waals surface area contributed by atoms with E-state index in [0.29, 0.717) is 12.2 Å². The number of ether oxygens (including phenoxy) is 2. The quantitative estimate of drug-likeness (QED) is 0.808. The number of benzene rings is 1. The summed E-state index contributed by atoms with van der Waals surface area (Å²) in [6, 6.07) is 5.78. The van der Waals surface area contributed by atoms with Gasteiger partial charge in [-0.05, 0) is 31.4 Å². The fourth-order valence-corrected chi connectivity index (χ4v) is 3.40. The second-order valence-electron chi connectivity index (χ2n) is 6.48. The molecule has 0 bridgehead atoms. The third-order valence-electron chi connectivity index (χ3n) is 4.69. The molecule has 134 valence electrons. The molecule has 1 atom stereocenters. The summed E-state index contributed by atoms with van der Waals surface area (Å²) in [5.41, 5.74) is 2.02. The highest BCUT2D eigenvalue weighted by Gasteiger charge is 2.29. The second-order valence-corrected chi connectivity index (χ2v) is 6.48. The van der Waals surface area contributed by atoms with E-state index >= 15 is 0 Å². The highest BCUT2D eigenvalue weighted by Crippen LogP contribution is 2.27. The smallest absolute Gasteiger partial charge is 0.227 e. The molecule has 1 saturated heterocycles. The molecule has 0 aliphatic carbocycles. The Kier molecular flexibility index (Phi) is 5.26. The molecule has 1 aliphatic heterocycles. The maximum atomic E-state index is 12.9. The number of aryl methyl sites for hydroxylation is 1. The first-order valence-corrected chi connectivity index (χ1v) is 8.60. The molecule has 1 aromatic carbocycles. The van der Waals surface area contributed by atoms with Gasteiger partial charge in [-0.2, -0.15) is 5.10 Å². The molecule has 1 aromatic heterocycles. The highest BCUT2D eigenvalue weighted by atomic mass is 16.5. The summed E-state index contributed by atoms with van der Waals surface area (Å²) < 4.78 is 12.6. The standard InChI is InChI=1S/C19H25N3O3/c1-14-11-20-21(12-14)13-16-5-4-8-22(16)19(23)9-15-6-7-17(24-2)10-18(15)25-3/h6-7,10-12,16H,4-5,8-9,13H2,1-3H3/t16-/m1/s1. The number of carbonyl (C=O) groups is 1. The molecule has 25 heavy (non-hydrogen) atoms. The van der Waals surface area contributed by atoms with Gasteiger partial charge in [0.2, 0.25) is 5.91 Å². The SMILES string of the molecule is COc1ccc(CC(=O)N2CCC[C@@H]2Cn2cc(C)cn2)c(OC)c1. The summed E-state index contributed by atoms with van der Waals surface area (Å²) in [6.07, 6.45) is 6.26. The average Bonchev–Trinajstić information content (AvgIpc) is 3.24. The van der Waals surface area contributed by atoms with Crippen LogP contribution in [0.15, 0.2) is 30.6 Å². The van der Waals surface area contributed by atoms with Crippen LogP contribution in [0.5, 0.6) is 11.5 Å². The summed E-state index contributed by atoms with van der Waals surface area (Å²) in [6.45, 7) is 3.58. The molecule has 0 unspecified atom stereocenters. The maximum Gasteiger partial charge on any atom is 0.227 e. The van der Waals surface area contributed by atoms with Crippen LogP contribution in [0.25, 0.3) is 0 Å². The largest absolute Gasteiger partial charge is 0.497 e. The normalized spacial score (nSPS) is 16.9. The van der Waals surface area contributed by atoms with Gasteiger partial charge in [-0.15, -0.1) is 0 Å². The van der Waals surface area contributed by atoms with Crippen molar-refractivity contribution in [2.45, 2.75) is 38.8 Å². The Morgan fingerprint density at radius 3 is 2.84 bits per heavy atom. The van der Waals surface area contributed by atoms with E-state index < -0.39 is 0 Å². The maximum absolute atomic E-state index is 12.9. The zero-order valence-corrected chi connectivity index (χ0v) is 15.1. The number of methoxy groups -OCH3 is 2. The zero-order chi connectivity index (χ0) is 17.8. The summed E-state index contributed by atoms with van der Waals surface area (Å²) >= 11 is 0. The van der Waals surface area contributed by atoms with Gasteiger partial charge in [-0.3, -0.25) is 9.48 Å². The fourth-order valence-electron chi connectivity index (χ4n) is 3.40. The van der Waals surface area contributed by atoms with Crippen LogP contribution in [0.4, 0.5) is 0 Å². The molecule has 2 aromatic rings. The van der Waals surface area contributed by atoms with Gasteiger partial charge in [0, 0.05) is 24.4 Å². The van der Waals surface area contributed by atoms with Crippen LogP contribution in [0, 0.1) is 6.92 Å². The molecular formula is C19H25N3O3. The lowest BCUT2D eigenvalue weighted by atomic mass is 10.1. The van der Waals surface area contributed by atoms with Crippen molar-refractivity contribution in [2.24, 2.45) is 0 Å². The molecule has 0 N–H and O–H groups in total. The number of nitrogens with zero attached hydrogens (tertiary/aromatic N) is 3. The fraction of sp³-hybridized carbons (Fsp3) is 0.474. The van der Waals surface area contributed by atoms with Gasteiger partial charge in [0.1, 0.15) is 11.5 Å². The zero-order valence-electron chi connectivity index (χ0n) is 15.1. The van der Waals surface area contributed by atoms with Crippen molar-refractivity contribution in [2.75, 3.05) is 20.8 Å². The third-order valence-corrected chi connectivity index (χ3v) is 4.69. The summed E-state index contributed by atoms with van der Waals surface area (Å²) in [7, 11) is 3.23. The van der Waals surface area contributed by atoms with E-state index in [2.05, 4.69) is 5.10 Å². The van der Waals surface area contributed by atoms with E-state index in [4.69, 9.17) is 9.47 Å². The van der Waals surface area contributed by atoms with Gasteiger partial charge in [-0.25, -0.2) is 0 Å². The van der Waals surface area contributed by atoms with Gasteiger partial charge in [0.25, 0.3) is 0 Å². The number of amides is 1. The van der Waals surface area contributed by atoms with Gasteiger partial charge < -0.3 is 14.4 Å². The van der Waals surface area contributed by atoms with Crippen molar-refractivity contribution in [1.82, 2.24) is 14.7 Å². The topological polar surface area (TPSA) is 56.6 Å². The monoisotopic (exact) mass is 343 g/mol. The van der Waals surface area contributed by atoms with Crippen LogP contribution in [0.2, 0.25) is 0 Å². The van der Waals surface area contributed by atoms with E-state index in [1.54, 1.807) is 14.2 Å². The average molecular weight is 343 g/mol. The molecule has 0 saturated carbocycles. The van der Waals surface area contributed by atoms with E-state index in [1.807, 2.05) is 47.1 Å². The number of likely N-dealkylation sites (tertiary alicyclic amines) is 1. The van der Waals surface area contributed by atoms with E-state index in [-0.39, 0.29) is 11.9 Å². The van der Waals surface area contributed by atoms with Crippen molar-refractivity contribution in [3.8, 4) is 11.5 Å². The third kappa shape index (κ3) is 3.95. The lowest BCUT2D eigenvalue weighted by Gasteiger charge is -2.25. The van der Waals surface area contributed by atoms with Gasteiger partial charge in [-0.1, -0.05) is 6.07 Å². The molecule has 6 heteroatoms. The first-order valence-electron chi connectivity index (χ1n) is 8.60. The first kappa shape index (κ1) is 17.3. The van der Waals surface area contributed by atoms with Crippen molar-refractivity contribution in [3.05, 3.63) is 41.7 Å². The van der Waals surface area contributed by atoms with Crippen molar-refractivity contribution in [3.63, 3.8) is 0 Å². The van der Waals surface area contributed by atoms with E-state index in [0.717, 1.165) is 42.8 Å². The lowest BCUT2D eigenvalue weighted by molar-refractivity contribution is -0.131. The van der Waals surface area contributed by atoms with Gasteiger partial charge >= 0.3 is 0 Å². The van der Waals surface area contributed by atoms with Crippen LogP contribution in [0.1, 0.15) is 24.0 Å². The number of carbonyl (C=O) groups excluding carboxylic acids is 1. The Morgan fingerprint density at radius 2 is 2.16 bits per heavy atom. The number of aromatic nitrogens is 2. The Labute approximate surface area is 148 Å². The number of hydrogen-bond donors (Lipinski definition) is 0. The molecule has 3 rings (SSSR count). The van der Waals surface area contributed by atoms with E-state index in [9.17, 15) is 4.79 Å². The van der Waals surface area contributed by atoms with Crippen LogP contribution in [0.3, 0.4) is 0 Å². The highest BCUT2D eigenvalue weighted by molar-refractivity contribution is 5.80. The number of rotatable bonds is 6. The molecule has 1 aliphatic rings. The van der Waals surface area contributed by atoms with Crippen LogP contribution in [-0.4, -0.2) is 47.4 Å². The molecular weight excluding hydrogens is 318 g/mol. The minimum atomic E-state index is 0.134. The second kappa shape index (κ2) is 7.59. The Morgan fingerprint density at radius 1 is 1.32 bits per heavy atom. The predicted molar refractivity (Wildman–Crippen MR) is 94.9 cm³/mol. The van der Waals surface area contributed by atoms with Crippen LogP contribution < -0.4 is 9.47 Å². The number of hydrogen-bond acceptors (Lipinski definition) is 4. The minimum absolute atomic E-state index is 0.134. The summed E-state index contributed by atoms with van der Waals surface area (Å²) in [5.74, 6) is 1.54. The van der Waals surface area contributed by atoms with Crippen LogP contribution >= 0.6 is 0 Å². The van der Waals surface area contributed by atoms with Crippen molar-refractivity contribution in [1.29, 1.82) is 0 Å². The van der Waals surface area contributed by atoms with Crippen LogP contribution in [-0.2, 0) is 17.8 Å². The summed E-state index contributed by atoms with van der Waals surface area (Å²) in [4.78, 5) is 14.8. The van der Waals surface area contributed by atoms with Crippen molar-refractivity contribution >= 4 is 5.91 Å². The molecule has 1 fully saturated rings. The molecule has 1 amide bonds. The van der Waals surface area contributed by atoms with Gasteiger partial charge in [0.05, 0.1) is 39.4 Å². The Bertz CT molecular complexity index is 741. The lowest BCUT2D eigenvalue weighted by Crippen LogP contribution is -2.39. The minimum Gasteiger partial charge on any atom is -0.497 e. The molecule has 2 heterocycles. The Hall–Kier alpha value is -2.50. The predicted octanol–water partition coefficient (Wildman–Crippen LogP) is 2.44. The van der Waals surface area contributed by atoms with Gasteiger partial charge in [0.15, 0.2) is 0 Å². The van der Waals surface area contributed by atoms with Crippen molar-refractivity contribution < 1.29 is 14.3 Å². The van der Waals surface area contributed by atoms with E-state index in [1.165, 1.54) is 0 Å². The Balaban J connectivity index is 1.69. The molecule has 6 nitrogen and oxygen atoms in total. The molecule has 0 radical (unpaired) electrons. The first-order chi connectivity index (χ1) is 12.1.